The van der Waals surface area contributed by atoms with Crippen molar-refractivity contribution in [1.82, 2.24) is 4.98 Å². The summed E-state index contributed by atoms with van der Waals surface area (Å²) in [6.07, 6.45) is 1.38. The smallest absolute Gasteiger partial charge is 0.181 e. The molecule has 0 aliphatic heterocycles. The number of aliphatic hydroxyl groups is 1. The highest BCUT2D eigenvalue weighted by Gasteiger charge is 2.01. The molecular formula is C8H7NO2. The molecule has 0 aliphatic carbocycles. The van der Waals surface area contributed by atoms with Gasteiger partial charge in [-0.3, -0.25) is 0 Å². The number of aromatic nitrogens is 1. The Morgan fingerprint density at radius 2 is 2.36 bits per heavy atom. The average molecular weight is 149 g/mol. The molecule has 0 bridgehead atoms. The lowest BCUT2D eigenvalue weighted by atomic mass is 10.2. The molecule has 1 N–H and O–H groups in total. The molecule has 2 aromatic rings. The van der Waals surface area contributed by atoms with Gasteiger partial charge in [0.15, 0.2) is 12.0 Å². The number of para-hydroxylation sites is 1. The molecule has 3 heteroatoms. The first-order valence-electron chi connectivity index (χ1n) is 3.34. The maximum atomic E-state index is 8.87. The second-order valence-corrected chi connectivity index (χ2v) is 2.28. The van der Waals surface area contributed by atoms with Crippen LogP contribution < -0.4 is 0 Å². The lowest BCUT2D eigenvalue weighted by molar-refractivity contribution is 0.281. The summed E-state index contributed by atoms with van der Waals surface area (Å²) < 4.78 is 5.07. The summed E-state index contributed by atoms with van der Waals surface area (Å²) in [4.78, 5) is 3.95. The first-order valence-corrected chi connectivity index (χ1v) is 3.34. The molecule has 1 heterocycles. The van der Waals surface area contributed by atoms with Crippen molar-refractivity contribution in [3.8, 4) is 0 Å². The third-order valence-corrected chi connectivity index (χ3v) is 1.61. The first kappa shape index (κ1) is 6.37. The highest BCUT2D eigenvalue weighted by molar-refractivity contribution is 5.75. The minimum Gasteiger partial charge on any atom is -0.443 e. The summed E-state index contributed by atoms with van der Waals surface area (Å²) in [5, 5.41) is 8.87. The Kier molecular flexibility index (Phi) is 1.36. The minimum atomic E-state index is -0.00741. The van der Waals surface area contributed by atoms with Crippen LogP contribution in [0.1, 0.15) is 5.56 Å². The van der Waals surface area contributed by atoms with Gasteiger partial charge in [0, 0.05) is 5.56 Å². The second-order valence-electron chi connectivity index (χ2n) is 2.28. The maximum absolute atomic E-state index is 8.87. The Hall–Kier alpha value is -1.35. The van der Waals surface area contributed by atoms with Crippen molar-refractivity contribution < 1.29 is 9.52 Å². The van der Waals surface area contributed by atoms with Crippen LogP contribution in [-0.2, 0) is 6.61 Å². The van der Waals surface area contributed by atoms with E-state index in [4.69, 9.17) is 9.52 Å². The molecule has 0 aliphatic rings. The maximum Gasteiger partial charge on any atom is 0.181 e. The van der Waals surface area contributed by atoms with E-state index in [1.165, 1.54) is 6.39 Å². The van der Waals surface area contributed by atoms with Crippen LogP contribution in [0.5, 0.6) is 0 Å². The van der Waals surface area contributed by atoms with Crippen LogP contribution in [0.25, 0.3) is 11.1 Å². The minimum absolute atomic E-state index is 0.00741. The van der Waals surface area contributed by atoms with E-state index in [2.05, 4.69) is 4.98 Å². The van der Waals surface area contributed by atoms with Crippen molar-refractivity contribution in [3.63, 3.8) is 0 Å². The van der Waals surface area contributed by atoms with Gasteiger partial charge in [-0.1, -0.05) is 12.1 Å². The number of aliphatic hydroxyl groups excluding tert-OH is 1. The Labute approximate surface area is 63.3 Å². The molecule has 56 valence electrons. The molecule has 0 fully saturated rings. The lowest BCUT2D eigenvalue weighted by Crippen LogP contribution is -1.81. The normalized spacial score (nSPS) is 10.6. The van der Waals surface area contributed by atoms with E-state index in [0.717, 1.165) is 11.1 Å². The van der Waals surface area contributed by atoms with Gasteiger partial charge in [0.2, 0.25) is 0 Å². The summed E-state index contributed by atoms with van der Waals surface area (Å²) in [7, 11) is 0. The molecule has 0 radical (unpaired) electrons. The zero-order valence-electron chi connectivity index (χ0n) is 5.82. The van der Waals surface area contributed by atoms with Crippen LogP contribution in [0.2, 0.25) is 0 Å². The predicted octanol–water partition coefficient (Wildman–Crippen LogP) is 1.32. The molecule has 1 aromatic heterocycles. The van der Waals surface area contributed by atoms with Crippen LogP contribution in [0.15, 0.2) is 29.0 Å². The highest BCUT2D eigenvalue weighted by atomic mass is 16.3. The van der Waals surface area contributed by atoms with Crippen LogP contribution in [0.4, 0.5) is 0 Å². The average Bonchev–Trinajstić information content (AvgIpc) is 2.50. The van der Waals surface area contributed by atoms with Crippen LogP contribution in [-0.4, -0.2) is 10.1 Å². The molecule has 1 aromatic carbocycles. The van der Waals surface area contributed by atoms with E-state index in [1.807, 2.05) is 18.2 Å². The van der Waals surface area contributed by atoms with Gasteiger partial charge in [0.25, 0.3) is 0 Å². The van der Waals surface area contributed by atoms with Crippen molar-refractivity contribution in [1.29, 1.82) is 0 Å². The van der Waals surface area contributed by atoms with Crippen LogP contribution in [0, 0.1) is 0 Å². The number of hydrogen-bond acceptors (Lipinski definition) is 3. The Balaban J connectivity index is 2.79. The van der Waals surface area contributed by atoms with Gasteiger partial charge >= 0.3 is 0 Å². The van der Waals surface area contributed by atoms with Crippen molar-refractivity contribution >= 4 is 11.1 Å². The quantitative estimate of drug-likeness (QED) is 0.665. The van der Waals surface area contributed by atoms with Crippen molar-refractivity contribution in [2.75, 3.05) is 0 Å². The van der Waals surface area contributed by atoms with Gasteiger partial charge in [-0.2, -0.15) is 0 Å². The topological polar surface area (TPSA) is 46.3 Å². The number of benzene rings is 1. The van der Waals surface area contributed by atoms with Gasteiger partial charge in [-0.05, 0) is 6.07 Å². The molecule has 2 rings (SSSR count). The van der Waals surface area contributed by atoms with E-state index >= 15 is 0 Å². The largest absolute Gasteiger partial charge is 0.443 e. The molecule has 0 saturated carbocycles. The SMILES string of the molecule is OCc1cccc2ncoc12. The molecule has 0 saturated heterocycles. The number of oxazole rings is 1. The standard InChI is InChI=1S/C8H7NO2/c10-4-6-2-1-3-7-8(6)11-5-9-7/h1-3,5,10H,4H2. The molecule has 11 heavy (non-hydrogen) atoms. The summed E-state index contributed by atoms with van der Waals surface area (Å²) in [6.45, 7) is -0.00741. The van der Waals surface area contributed by atoms with Gasteiger partial charge in [-0.25, -0.2) is 4.98 Å². The van der Waals surface area contributed by atoms with Crippen molar-refractivity contribution in [2.45, 2.75) is 6.61 Å². The van der Waals surface area contributed by atoms with Gasteiger partial charge in [0.1, 0.15) is 5.52 Å². The van der Waals surface area contributed by atoms with Gasteiger partial charge in [-0.15, -0.1) is 0 Å². The third-order valence-electron chi connectivity index (χ3n) is 1.61. The molecular weight excluding hydrogens is 142 g/mol. The molecule has 0 amide bonds. The summed E-state index contributed by atoms with van der Waals surface area (Å²) in [5.41, 5.74) is 2.24. The lowest BCUT2D eigenvalue weighted by Gasteiger charge is -1.93. The monoisotopic (exact) mass is 149 g/mol. The molecule has 3 nitrogen and oxygen atoms in total. The zero-order valence-corrected chi connectivity index (χ0v) is 5.82. The molecule has 0 atom stereocenters. The molecule has 0 unspecified atom stereocenters. The fourth-order valence-corrected chi connectivity index (χ4v) is 1.07. The Morgan fingerprint density at radius 3 is 3.18 bits per heavy atom. The third kappa shape index (κ3) is 0.897. The second kappa shape index (κ2) is 2.36. The summed E-state index contributed by atoms with van der Waals surface area (Å²) in [6, 6.07) is 5.50. The highest BCUT2D eigenvalue weighted by Crippen LogP contribution is 2.16. The zero-order chi connectivity index (χ0) is 7.68. The number of hydrogen-bond donors (Lipinski definition) is 1. The summed E-state index contributed by atoms with van der Waals surface area (Å²) >= 11 is 0. The van der Waals surface area contributed by atoms with E-state index in [0.29, 0.717) is 5.58 Å². The van der Waals surface area contributed by atoms with Crippen LogP contribution in [0.3, 0.4) is 0 Å². The van der Waals surface area contributed by atoms with Crippen molar-refractivity contribution in [2.24, 2.45) is 0 Å². The van der Waals surface area contributed by atoms with E-state index in [-0.39, 0.29) is 6.61 Å². The fraction of sp³-hybridized carbons (Fsp3) is 0.125. The first-order chi connectivity index (χ1) is 5.42. The van der Waals surface area contributed by atoms with Crippen molar-refractivity contribution in [3.05, 3.63) is 30.2 Å². The fourth-order valence-electron chi connectivity index (χ4n) is 1.07. The number of nitrogens with zero attached hydrogens (tertiary/aromatic N) is 1. The predicted molar refractivity (Wildman–Crippen MR) is 39.9 cm³/mol. The number of fused-ring (bicyclic) bond motifs is 1. The Bertz CT molecular complexity index is 367. The Morgan fingerprint density at radius 1 is 1.45 bits per heavy atom. The van der Waals surface area contributed by atoms with Gasteiger partial charge in [0.05, 0.1) is 6.61 Å². The van der Waals surface area contributed by atoms with E-state index < -0.39 is 0 Å². The van der Waals surface area contributed by atoms with E-state index in [9.17, 15) is 0 Å². The molecule has 0 spiro atoms. The van der Waals surface area contributed by atoms with Gasteiger partial charge < -0.3 is 9.52 Å². The van der Waals surface area contributed by atoms with Crippen LogP contribution >= 0.6 is 0 Å². The van der Waals surface area contributed by atoms with E-state index in [1.54, 1.807) is 0 Å². The summed E-state index contributed by atoms with van der Waals surface area (Å²) in [5.74, 6) is 0. The number of rotatable bonds is 1.